The molecule has 70 valence electrons. The van der Waals surface area contributed by atoms with Crippen molar-refractivity contribution in [2.75, 3.05) is 27.7 Å². The molecule has 0 unspecified atom stereocenters. The van der Waals surface area contributed by atoms with Crippen molar-refractivity contribution in [1.29, 1.82) is 0 Å². The quantitative estimate of drug-likeness (QED) is 0.469. The summed E-state index contributed by atoms with van der Waals surface area (Å²) in [6, 6.07) is 0. The van der Waals surface area contributed by atoms with E-state index in [9.17, 15) is 0 Å². The molecule has 0 atom stereocenters. The van der Waals surface area contributed by atoms with Gasteiger partial charge in [-0.05, 0) is 19.5 Å². The fraction of sp³-hybridized carbons (Fsp3) is 0.556. The summed E-state index contributed by atoms with van der Waals surface area (Å²) in [6.07, 6.45) is 1.86. The molecule has 0 rings (SSSR count). The monoisotopic (exact) mass is 169 g/mol. The molecule has 0 aromatic carbocycles. The van der Waals surface area contributed by atoms with Crippen molar-refractivity contribution in [3.8, 4) is 0 Å². The van der Waals surface area contributed by atoms with Crippen LogP contribution in [0.4, 0.5) is 0 Å². The van der Waals surface area contributed by atoms with Gasteiger partial charge in [-0.1, -0.05) is 12.7 Å². The van der Waals surface area contributed by atoms with Crippen LogP contribution in [0.5, 0.6) is 0 Å². The van der Waals surface area contributed by atoms with Gasteiger partial charge < -0.3 is 5.32 Å². The van der Waals surface area contributed by atoms with E-state index in [4.69, 9.17) is 0 Å². The van der Waals surface area contributed by atoms with Crippen molar-refractivity contribution < 1.29 is 0 Å². The second-order valence-electron chi connectivity index (χ2n) is 2.70. The van der Waals surface area contributed by atoms with Gasteiger partial charge in [-0.25, -0.2) is 5.01 Å². The van der Waals surface area contributed by atoms with E-state index in [-0.39, 0.29) is 0 Å². The van der Waals surface area contributed by atoms with Gasteiger partial charge in [0.1, 0.15) is 0 Å². The Morgan fingerprint density at radius 1 is 1.50 bits per heavy atom. The molecule has 0 fully saturated rings. The highest BCUT2D eigenvalue weighted by atomic mass is 15.5. The minimum Gasteiger partial charge on any atom is -0.390 e. The number of allylic oxidation sites excluding steroid dienone is 2. The van der Waals surface area contributed by atoms with Crippen molar-refractivity contribution in [1.82, 2.24) is 15.8 Å². The Labute approximate surface area is 75.1 Å². The number of rotatable bonds is 5. The molecular formula is C9H19N3. The van der Waals surface area contributed by atoms with Crippen LogP contribution in [0.25, 0.3) is 0 Å². The summed E-state index contributed by atoms with van der Waals surface area (Å²) < 4.78 is 0. The second-order valence-corrected chi connectivity index (χ2v) is 2.70. The standard InChI is InChI=1S/C9H19N3/c1-6-8(2)9(10-3)7-12(5)11-4/h6,10-11H,1,7H2,2-5H3/b9-8-. The van der Waals surface area contributed by atoms with E-state index in [1.54, 1.807) is 0 Å². The summed E-state index contributed by atoms with van der Waals surface area (Å²) in [7, 11) is 5.82. The summed E-state index contributed by atoms with van der Waals surface area (Å²) in [5.41, 5.74) is 5.40. The van der Waals surface area contributed by atoms with E-state index >= 15 is 0 Å². The Kier molecular flexibility index (Phi) is 5.41. The number of nitrogens with zero attached hydrogens (tertiary/aromatic N) is 1. The summed E-state index contributed by atoms with van der Waals surface area (Å²) in [5.74, 6) is 0. The van der Waals surface area contributed by atoms with Gasteiger partial charge in [0.15, 0.2) is 0 Å². The topological polar surface area (TPSA) is 27.3 Å². The average molecular weight is 169 g/mol. The zero-order chi connectivity index (χ0) is 9.56. The normalized spacial score (nSPS) is 12.8. The molecule has 0 saturated heterocycles. The van der Waals surface area contributed by atoms with Crippen molar-refractivity contribution in [3.05, 3.63) is 23.9 Å². The minimum absolute atomic E-state index is 0.852. The zero-order valence-corrected chi connectivity index (χ0v) is 8.44. The predicted octanol–water partition coefficient (Wildman–Crippen LogP) is 0.732. The van der Waals surface area contributed by atoms with Crippen molar-refractivity contribution in [2.24, 2.45) is 0 Å². The Balaban J connectivity index is 4.26. The van der Waals surface area contributed by atoms with E-state index in [0.29, 0.717) is 0 Å². The molecule has 0 aliphatic carbocycles. The van der Waals surface area contributed by atoms with Crippen LogP contribution in [-0.4, -0.2) is 32.7 Å². The SMILES string of the molecule is C=C/C(C)=C(/CN(C)NC)NC. The first-order chi connectivity index (χ1) is 5.65. The molecule has 0 aliphatic rings. The van der Waals surface area contributed by atoms with Gasteiger partial charge in [-0.3, -0.25) is 5.43 Å². The lowest BCUT2D eigenvalue weighted by atomic mass is 10.2. The molecular weight excluding hydrogens is 150 g/mol. The van der Waals surface area contributed by atoms with Gasteiger partial charge in [0.2, 0.25) is 0 Å². The van der Waals surface area contributed by atoms with Crippen LogP contribution in [0.1, 0.15) is 6.92 Å². The van der Waals surface area contributed by atoms with Crippen molar-refractivity contribution in [3.63, 3.8) is 0 Å². The van der Waals surface area contributed by atoms with Crippen LogP contribution in [0, 0.1) is 0 Å². The maximum Gasteiger partial charge on any atom is 0.0528 e. The molecule has 12 heavy (non-hydrogen) atoms. The molecule has 3 nitrogen and oxygen atoms in total. The van der Waals surface area contributed by atoms with Gasteiger partial charge in [-0.15, -0.1) is 0 Å². The number of hydrogen-bond acceptors (Lipinski definition) is 3. The minimum atomic E-state index is 0.852. The number of hydrogen-bond donors (Lipinski definition) is 2. The van der Waals surface area contributed by atoms with Gasteiger partial charge in [-0.2, -0.15) is 0 Å². The Morgan fingerprint density at radius 2 is 2.08 bits per heavy atom. The highest BCUT2D eigenvalue weighted by Crippen LogP contribution is 2.01. The molecule has 2 N–H and O–H groups in total. The maximum absolute atomic E-state index is 3.73. The van der Waals surface area contributed by atoms with E-state index in [0.717, 1.165) is 6.54 Å². The van der Waals surface area contributed by atoms with E-state index in [2.05, 4.69) is 17.3 Å². The van der Waals surface area contributed by atoms with Gasteiger partial charge in [0.05, 0.1) is 6.54 Å². The first-order valence-electron chi connectivity index (χ1n) is 4.04. The molecule has 0 aliphatic heterocycles. The molecule has 0 aromatic rings. The third-order valence-corrected chi connectivity index (χ3v) is 1.86. The highest BCUT2D eigenvalue weighted by Gasteiger charge is 2.00. The Morgan fingerprint density at radius 3 is 2.42 bits per heavy atom. The molecule has 0 aromatic heterocycles. The molecule has 0 bridgehead atoms. The lowest BCUT2D eigenvalue weighted by molar-refractivity contribution is 0.278. The van der Waals surface area contributed by atoms with Crippen LogP contribution in [0.3, 0.4) is 0 Å². The Hall–Kier alpha value is -0.800. The zero-order valence-electron chi connectivity index (χ0n) is 8.44. The van der Waals surface area contributed by atoms with Crippen LogP contribution < -0.4 is 10.7 Å². The van der Waals surface area contributed by atoms with Crippen LogP contribution in [0.2, 0.25) is 0 Å². The second kappa shape index (κ2) is 5.80. The van der Waals surface area contributed by atoms with Gasteiger partial charge >= 0.3 is 0 Å². The molecule has 0 spiro atoms. The lowest BCUT2D eigenvalue weighted by Crippen LogP contribution is -2.35. The summed E-state index contributed by atoms with van der Waals surface area (Å²) in [6.45, 7) is 6.62. The number of likely N-dealkylation sites (N-methyl/N-ethyl adjacent to an activating group) is 2. The average Bonchev–Trinajstić information content (AvgIpc) is 2.12. The van der Waals surface area contributed by atoms with Gasteiger partial charge in [0.25, 0.3) is 0 Å². The van der Waals surface area contributed by atoms with E-state index in [1.807, 2.05) is 39.2 Å². The predicted molar refractivity (Wildman–Crippen MR) is 53.6 cm³/mol. The van der Waals surface area contributed by atoms with Crippen LogP contribution >= 0.6 is 0 Å². The summed E-state index contributed by atoms with van der Waals surface area (Å²) in [5, 5.41) is 5.14. The largest absolute Gasteiger partial charge is 0.390 e. The van der Waals surface area contributed by atoms with Crippen molar-refractivity contribution in [2.45, 2.75) is 6.92 Å². The first kappa shape index (κ1) is 11.2. The molecule has 3 heteroatoms. The third kappa shape index (κ3) is 3.55. The smallest absolute Gasteiger partial charge is 0.0528 e. The van der Waals surface area contributed by atoms with E-state index < -0.39 is 0 Å². The molecule has 0 heterocycles. The van der Waals surface area contributed by atoms with Crippen molar-refractivity contribution >= 4 is 0 Å². The summed E-state index contributed by atoms with van der Waals surface area (Å²) >= 11 is 0. The molecule has 0 amide bonds. The van der Waals surface area contributed by atoms with E-state index in [1.165, 1.54) is 11.3 Å². The van der Waals surface area contributed by atoms with Crippen LogP contribution in [-0.2, 0) is 0 Å². The third-order valence-electron chi connectivity index (χ3n) is 1.86. The Bertz CT molecular complexity index is 173. The molecule has 0 saturated carbocycles. The fourth-order valence-electron chi connectivity index (χ4n) is 0.840. The van der Waals surface area contributed by atoms with Crippen LogP contribution in [0.15, 0.2) is 23.9 Å². The first-order valence-corrected chi connectivity index (χ1v) is 4.04. The fourth-order valence-corrected chi connectivity index (χ4v) is 0.840. The molecule has 0 radical (unpaired) electrons. The lowest BCUT2D eigenvalue weighted by Gasteiger charge is -2.18. The number of hydrazine groups is 1. The highest BCUT2D eigenvalue weighted by molar-refractivity contribution is 5.21. The number of nitrogens with one attached hydrogen (secondary N) is 2. The summed E-state index contributed by atoms with van der Waals surface area (Å²) in [4.78, 5) is 0. The van der Waals surface area contributed by atoms with Gasteiger partial charge in [0, 0.05) is 19.8 Å². The maximum atomic E-state index is 3.73.